The summed E-state index contributed by atoms with van der Waals surface area (Å²) in [5.41, 5.74) is -0.271. The van der Waals surface area contributed by atoms with Crippen LogP contribution in [0.3, 0.4) is 0 Å². The average molecular weight is 317 g/mol. The molecule has 116 valence electrons. The molecule has 1 aromatic carbocycles. The number of carbonyl (C=O) groups excluding carboxylic acids is 2. The lowest BCUT2D eigenvalue weighted by molar-refractivity contribution is -0.168. The molecule has 0 heterocycles. The Morgan fingerprint density at radius 1 is 1.29 bits per heavy atom. The summed E-state index contributed by atoms with van der Waals surface area (Å²) in [6, 6.07) is 4.10. The van der Waals surface area contributed by atoms with Crippen molar-refractivity contribution in [3.05, 3.63) is 34.6 Å². The van der Waals surface area contributed by atoms with Crippen molar-refractivity contribution in [2.24, 2.45) is 5.92 Å². The first kappa shape index (κ1) is 17.4. The van der Waals surface area contributed by atoms with Crippen LogP contribution >= 0.6 is 11.6 Å². The van der Waals surface area contributed by atoms with Gasteiger partial charge in [-0.15, -0.1) is 0 Å². The average Bonchev–Trinajstić information content (AvgIpc) is 2.37. The van der Waals surface area contributed by atoms with Gasteiger partial charge in [-0.3, -0.25) is 9.59 Å². The van der Waals surface area contributed by atoms with Crippen LogP contribution in [0, 0.1) is 11.7 Å². The largest absolute Gasteiger partial charge is 0.468 e. The van der Waals surface area contributed by atoms with Crippen molar-refractivity contribution in [2.75, 3.05) is 7.11 Å². The number of halogens is 2. The van der Waals surface area contributed by atoms with Gasteiger partial charge in [0.25, 0.3) is 0 Å². The SMILES string of the molecule is COC(=O)[C@H](Cc1ccc(Cl)c(F)c1)C(=O)OC(C)(C)C. The van der Waals surface area contributed by atoms with Crippen LogP contribution in [-0.2, 0) is 25.5 Å². The molecule has 0 amide bonds. The van der Waals surface area contributed by atoms with Gasteiger partial charge in [-0.1, -0.05) is 17.7 Å². The summed E-state index contributed by atoms with van der Waals surface area (Å²) in [6.07, 6.45) is -0.0182. The number of benzene rings is 1. The molecular weight excluding hydrogens is 299 g/mol. The van der Waals surface area contributed by atoms with Crippen molar-refractivity contribution < 1.29 is 23.5 Å². The zero-order valence-corrected chi connectivity index (χ0v) is 13.2. The molecule has 21 heavy (non-hydrogen) atoms. The molecular formula is C15H18ClFO4. The van der Waals surface area contributed by atoms with Crippen molar-refractivity contribution in [3.8, 4) is 0 Å². The molecule has 6 heteroatoms. The molecule has 0 aliphatic heterocycles. The van der Waals surface area contributed by atoms with E-state index < -0.39 is 29.3 Å². The number of hydrogen-bond donors (Lipinski definition) is 0. The lowest BCUT2D eigenvalue weighted by atomic mass is 9.99. The lowest BCUT2D eigenvalue weighted by Crippen LogP contribution is -2.34. The molecule has 4 nitrogen and oxygen atoms in total. The van der Waals surface area contributed by atoms with Crippen LogP contribution in [-0.4, -0.2) is 24.6 Å². The topological polar surface area (TPSA) is 52.6 Å². The van der Waals surface area contributed by atoms with E-state index in [0.29, 0.717) is 5.56 Å². The third-order valence-corrected chi connectivity index (χ3v) is 2.91. The van der Waals surface area contributed by atoms with Crippen molar-refractivity contribution in [2.45, 2.75) is 32.8 Å². The van der Waals surface area contributed by atoms with Gasteiger partial charge in [0, 0.05) is 0 Å². The Hall–Kier alpha value is -1.62. The summed E-state index contributed by atoms with van der Waals surface area (Å²) in [6.45, 7) is 5.09. The molecule has 0 spiro atoms. The van der Waals surface area contributed by atoms with Crippen LogP contribution in [0.15, 0.2) is 18.2 Å². The highest BCUT2D eigenvalue weighted by molar-refractivity contribution is 6.30. The van der Waals surface area contributed by atoms with Crippen LogP contribution in [0.2, 0.25) is 5.02 Å². The molecule has 0 radical (unpaired) electrons. The van der Waals surface area contributed by atoms with Gasteiger partial charge in [0.2, 0.25) is 0 Å². The van der Waals surface area contributed by atoms with Crippen molar-refractivity contribution >= 4 is 23.5 Å². The molecule has 0 N–H and O–H groups in total. The molecule has 1 aromatic rings. The van der Waals surface area contributed by atoms with Gasteiger partial charge in [-0.05, 0) is 44.9 Å². The minimum absolute atomic E-state index is 0.0182. The second-order valence-corrected chi connectivity index (χ2v) is 5.97. The molecule has 0 bridgehead atoms. The maximum absolute atomic E-state index is 13.4. The summed E-state index contributed by atoms with van der Waals surface area (Å²) >= 11 is 5.60. The number of hydrogen-bond acceptors (Lipinski definition) is 4. The van der Waals surface area contributed by atoms with Gasteiger partial charge in [0.15, 0.2) is 5.92 Å². The van der Waals surface area contributed by atoms with Crippen LogP contribution in [0.5, 0.6) is 0 Å². The normalized spacial score (nSPS) is 12.7. The molecule has 0 fully saturated rings. The van der Waals surface area contributed by atoms with Crippen molar-refractivity contribution in [1.29, 1.82) is 0 Å². The number of esters is 2. The number of ether oxygens (including phenoxy) is 2. The third kappa shape index (κ3) is 5.34. The minimum atomic E-state index is -1.14. The van der Waals surface area contributed by atoms with E-state index in [1.807, 2.05) is 0 Å². The van der Waals surface area contributed by atoms with Gasteiger partial charge >= 0.3 is 11.9 Å². The van der Waals surface area contributed by atoms with Gasteiger partial charge in [0.1, 0.15) is 11.4 Å². The van der Waals surface area contributed by atoms with Crippen LogP contribution in [0.4, 0.5) is 4.39 Å². The first-order valence-electron chi connectivity index (χ1n) is 6.38. The summed E-state index contributed by atoms with van der Waals surface area (Å²) in [4.78, 5) is 23.8. The van der Waals surface area contributed by atoms with E-state index in [0.717, 1.165) is 0 Å². The first-order chi connectivity index (χ1) is 9.64. The first-order valence-corrected chi connectivity index (χ1v) is 6.76. The lowest BCUT2D eigenvalue weighted by Gasteiger charge is -2.23. The van der Waals surface area contributed by atoms with Crippen molar-refractivity contribution in [1.82, 2.24) is 0 Å². The molecule has 0 aliphatic carbocycles. The third-order valence-electron chi connectivity index (χ3n) is 2.60. The monoisotopic (exact) mass is 316 g/mol. The predicted molar refractivity (Wildman–Crippen MR) is 76.5 cm³/mol. The maximum atomic E-state index is 13.4. The number of rotatable bonds is 4. The number of carbonyl (C=O) groups is 2. The van der Waals surface area contributed by atoms with E-state index in [-0.39, 0.29) is 11.4 Å². The van der Waals surface area contributed by atoms with E-state index in [4.69, 9.17) is 16.3 Å². The van der Waals surface area contributed by atoms with E-state index >= 15 is 0 Å². The smallest absolute Gasteiger partial charge is 0.321 e. The van der Waals surface area contributed by atoms with Crippen LogP contribution in [0.1, 0.15) is 26.3 Å². The molecule has 0 unspecified atom stereocenters. The number of methoxy groups -OCH3 is 1. The Morgan fingerprint density at radius 3 is 2.38 bits per heavy atom. The summed E-state index contributed by atoms with van der Waals surface area (Å²) < 4.78 is 23.2. The molecule has 0 aromatic heterocycles. The fraction of sp³-hybridized carbons (Fsp3) is 0.467. The zero-order chi connectivity index (χ0) is 16.2. The molecule has 0 aliphatic rings. The Balaban J connectivity index is 2.95. The van der Waals surface area contributed by atoms with Crippen molar-refractivity contribution in [3.63, 3.8) is 0 Å². The van der Waals surface area contributed by atoms with Gasteiger partial charge < -0.3 is 9.47 Å². The molecule has 1 atom stereocenters. The predicted octanol–water partition coefficient (Wildman–Crippen LogP) is 3.15. The molecule has 0 saturated carbocycles. The van der Waals surface area contributed by atoms with Crippen LogP contribution < -0.4 is 0 Å². The van der Waals surface area contributed by atoms with E-state index in [9.17, 15) is 14.0 Å². The van der Waals surface area contributed by atoms with Gasteiger partial charge in [-0.2, -0.15) is 0 Å². The minimum Gasteiger partial charge on any atom is -0.468 e. The Morgan fingerprint density at radius 2 is 1.90 bits per heavy atom. The standard InChI is InChI=1S/C15H18ClFO4/c1-15(2,3)21-14(19)10(13(18)20-4)7-9-5-6-11(16)12(17)8-9/h5-6,8,10H,7H2,1-4H3/t10-/m0/s1. The van der Waals surface area contributed by atoms with E-state index in [1.54, 1.807) is 26.8 Å². The fourth-order valence-corrected chi connectivity index (χ4v) is 1.80. The highest BCUT2D eigenvalue weighted by atomic mass is 35.5. The van der Waals surface area contributed by atoms with Crippen LogP contribution in [0.25, 0.3) is 0 Å². The van der Waals surface area contributed by atoms with Gasteiger partial charge in [-0.25, -0.2) is 4.39 Å². The maximum Gasteiger partial charge on any atom is 0.321 e. The summed E-state index contributed by atoms with van der Waals surface area (Å²) in [7, 11) is 1.18. The molecule has 0 saturated heterocycles. The summed E-state index contributed by atoms with van der Waals surface area (Å²) in [5, 5.41) is -0.0226. The highest BCUT2D eigenvalue weighted by Crippen LogP contribution is 2.20. The second-order valence-electron chi connectivity index (χ2n) is 5.56. The fourth-order valence-electron chi connectivity index (χ4n) is 1.68. The Bertz CT molecular complexity index is 537. The zero-order valence-electron chi connectivity index (χ0n) is 12.4. The Kier molecular flexibility index (Phi) is 5.72. The van der Waals surface area contributed by atoms with E-state index in [2.05, 4.69) is 4.74 Å². The Labute approximate surface area is 128 Å². The summed E-state index contributed by atoms with van der Waals surface area (Å²) in [5.74, 6) is -3.18. The second kappa shape index (κ2) is 6.89. The highest BCUT2D eigenvalue weighted by Gasteiger charge is 2.32. The molecule has 1 rings (SSSR count). The van der Waals surface area contributed by atoms with E-state index in [1.165, 1.54) is 19.2 Å². The van der Waals surface area contributed by atoms with Gasteiger partial charge in [0.05, 0.1) is 12.1 Å². The quantitative estimate of drug-likeness (QED) is 0.632.